The van der Waals surface area contributed by atoms with Gasteiger partial charge in [-0.3, -0.25) is 4.79 Å². The van der Waals surface area contributed by atoms with Gasteiger partial charge in [0, 0.05) is 23.8 Å². The van der Waals surface area contributed by atoms with Crippen LogP contribution in [0.25, 0.3) is 0 Å². The van der Waals surface area contributed by atoms with Gasteiger partial charge in [0.15, 0.2) is 0 Å². The summed E-state index contributed by atoms with van der Waals surface area (Å²) >= 11 is 9.18. The summed E-state index contributed by atoms with van der Waals surface area (Å²) < 4.78 is 0.739. The molecule has 0 aliphatic carbocycles. The fourth-order valence-corrected chi connectivity index (χ4v) is 2.27. The number of nitrogens with one attached hydrogen (secondary N) is 1. The molecule has 0 saturated carbocycles. The molecule has 0 atom stereocenters. The van der Waals surface area contributed by atoms with E-state index in [0.29, 0.717) is 12.1 Å². The zero-order chi connectivity index (χ0) is 14.3. The highest BCUT2D eigenvalue weighted by Crippen LogP contribution is 2.17. The molecule has 106 valence electrons. The summed E-state index contributed by atoms with van der Waals surface area (Å²) in [6, 6.07) is 1.67. The highest BCUT2D eigenvalue weighted by molar-refractivity contribution is 9.10. The van der Waals surface area contributed by atoms with Crippen LogP contribution in [0, 0.1) is 0 Å². The van der Waals surface area contributed by atoms with E-state index in [9.17, 15) is 4.79 Å². The van der Waals surface area contributed by atoms with Crippen LogP contribution in [0.4, 0.5) is 0 Å². The molecule has 0 aliphatic heterocycles. The van der Waals surface area contributed by atoms with E-state index in [1.54, 1.807) is 12.3 Å². The number of nitrogens with zero attached hydrogens (tertiary/aromatic N) is 2. The van der Waals surface area contributed by atoms with E-state index in [0.717, 1.165) is 30.5 Å². The number of halogens is 2. The molecule has 1 amide bonds. The minimum absolute atomic E-state index is 0.189. The molecular formula is C13H19BrClN3O. The van der Waals surface area contributed by atoms with Gasteiger partial charge in [-0.25, -0.2) is 4.98 Å². The van der Waals surface area contributed by atoms with Gasteiger partial charge in [0.2, 0.25) is 0 Å². The quantitative estimate of drug-likeness (QED) is 0.771. The van der Waals surface area contributed by atoms with Gasteiger partial charge in [0.1, 0.15) is 5.15 Å². The molecule has 0 spiro atoms. The Morgan fingerprint density at radius 3 is 2.84 bits per heavy atom. The van der Waals surface area contributed by atoms with E-state index in [4.69, 9.17) is 11.6 Å². The lowest BCUT2D eigenvalue weighted by Gasteiger charge is -2.19. The molecule has 1 heterocycles. The topological polar surface area (TPSA) is 45.2 Å². The van der Waals surface area contributed by atoms with Gasteiger partial charge in [-0.05, 0) is 41.5 Å². The van der Waals surface area contributed by atoms with Crippen molar-refractivity contribution >= 4 is 33.4 Å². The van der Waals surface area contributed by atoms with Crippen LogP contribution in [0.2, 0.25) is 5.15 Å². The van der Waals surface area contributed by atoms with Gasteiger partial charge < -0.3 is 10.2 Å². The van der Waals surface area contributed by atoms with Crippen LogP contribution in [0.5, 0.6) is 0 Å². The second kappa shape index (κ2) is 8.51. The number of hydrogen-bond donors (Lipinski definition) is 1. The van der Waals surface area contributed by atoms with Gasteiger partial charge in [0.25, 0.3) is 5.91 Å². The monoisotopic (exact) mass is 347 g/mol. The van der Waals surface area contributed by atoms with Crippen LogP contribution in [0.1, 0.15) is 30.6 Å². The van der Waals surface area contributed by atoms with Crippen LogP contribution < -0.4 is 5.32 Å². The van der Waals surface area contributed by atoms with Crippen LogP contribution >= 0.6 is 27.5 Å². The number of pyridine rings is 1. The average molecular weight is 349 g/mol. The Morgan fingerprint density at radius 1 is 1.47 bits per heavy atom. The molecule has 0 fully saturated rings. The highest BCUT2D eigenvalue weighted by Gasteiger charge is 2.12. The largest absolute Gasteiger partial charge is 0.351 e. The number of carbonyl (C=O) groups is 1. The molecule has 1 aromatic rings. The smallest absolute Gasteiger partial charge is 0.254 e. The molecule has 19 heavy (non-hydrogen) atoms. The Labute approximate surface area is 127 Å². The second-order valence-electron chi connectivity index (χ2n) is 4.18. The summed E-state index contributed by atoms with van der Waals surface area (Å²) in [5.41, 5.74) is 0.398. The molecular weight excluding hydrogens is 330 g/mol. The standard InChI is InChI=1S/C13H19BrClN3O/c1-3-6-18(4-2)7-5-16-13(19)11-8-10(14)9-17-12(11)15/h8-9H,3-7H2,1-2H3,(H,16,19). The van der Waals surface area contributed by atoms with E-state index in [2.05, 4.69) is 45.0 Å². The van der Waals surface area contributed by atoms with Gasteiger partial charge in [-0.15, -0.1) is 0 Å². The molecule has 1 rings (SSSR count). The zero-order valence-electron chi connectivity index (χ0n) is 11.2. The van der Waals surface area contributed by atoms with Crippen molar-refractivity contribution in [3.05, 3.63) is 27.5 Å². The Balaban J connectivity index is 2.49. The summed E-state index contributed by atoms with van der Waals surface area (Å²) in [6.45, 7) is 7.75. The lowest BCUT2D eigenvalue weighted by Crippen LogP contribution is -2.35. The molecule has 0 radical (unpaired) electrons. The Kier molecular flexibility index (Phi) is 7.34. The fraction of sp³-hybridized carbons (Fsp3) is 0.538. The van der Waals surface area contributed by atoms with E-state index in [-0.39, 0.29) is 11.1 Å². The summed E-state index contributed by atoms with van der Waals surface area (Å²) in [6.07, 6.45) is 2.68. The third-order valence-electron chi connectivity index (χ3n) is 2.75. The first-order valence-corrected chi connectivity index (χ1v) is 7.57. The maximum Gasteiger partial charge on any atom is 0.254 e. The third-order valence-corrected chi connectivity index (χ3v) is 3.49. The first kappa shape index (κ1) is 16.4. The molecule has 1 N–H and O–H groups in total. The average Bonchev–Trinajstić information content (AvgIpc) is 2.40. The van der Waals surface area contributed by atoms with E-state index in [1.807, 2.05) is 0 Å². The Bertz CT molecular complexity index is 428. The van der Waals surface area contributed by atoms with Gasteiger partial charge in [-0.2, -0.15) is 0 Å². The maximum atomic E-state index is 12.0. The van der Waals surface area contributed by atoms with Crippen LogP contribution in [-0.2, 0) is 0 Å². The number of aromatic nitrogens is 1. The summed E-state index contributed by atoms with van der Waals surface area (Å²) in [4.78, 5) is 18.2. The number of rotatable bonds is 7. The summed E-state index contributed by atoms with van der Waals surface area (Å²) in [5.74, 6) is -0.189. The van der Waals surface area contributed by atoms with E-state index >= 15 is 0 Å². The van der Waals surface area contributed by atoms with Crippen molar-refractivity contribution in [1.82, 2.24) is 15.2 Å². The van der Waals surface area contributed by atoms with Crippen molar-refractivity contribution in [1.29, 1.82) is 0 Å². The predicted molar refractivity (Wildman–Crippen MR) is 81.7 cm³/mol. The normalized spacial score (nSPS) is 10.8. The molecule has 1 aromatic heterocycles. The van der Waals surface area contributed by atoms with E-state index < -0.39 is 0 Å². The SMILES string of the molecule is CCCN(CC)CCNC(=O)c1cc(Br)cnc1Cl. The number of amides is 1. The minimum atomic E-state index is -0.189. The van der Waals surface area contributed by atoms with Crippen molar-refractivity contribution in [3.8, 4) is 0 Å². The third kappa shape index (κ3) is 5.47. The van der Waals surface area contributed by atoms with Crippen molar-refractivity contribution in [2.45, 2.75) is 20.3 Å². The molecule has 0 unspecified atom stereocenters. The van der Waals surface area contributed by atoms with Crippen LogP contribution in [-0.4, -0.2) is 42.0 Å². The molecule has 0 saturated heterocycles. The maximum absolute atomic E-state index is 12.0. The second-order valence-corrected chi connectivity index (χ2v) is 5.46. The highest BCUT2D eigenvalue weighted by atomic mass is 79.9. The van der Waals surface area contributed by atoms with Gasteiger partial charge in [0.05, 0.1) is 5.56 Å². The molecule has 0 aromatic carbocycles. The number of hydrogen-bond acceptors (Lipinski definition) is 3. The van der Waals surface area contributed by atoms with Crippen molar-refractivity contribution in [2.24, 2.45) is 0 Å². The summed E-state index contributed by atoms with van der Waals surface area (Å²) in [7, 11) is 0. The molecule has 0 aliphatic rings. The van der Waals surface area contributed by atoms with Crippen molar-refractivity contribution in [3.63, 3.8) is 0 Å². The van der Waals surface area contributed by atoms with Crippen LogP contribution in [0.3, 0.4) is 0 Å². The lowest BCUT2D eigenvalue weighted by atomic mass is 10.2. The van der Waals surface area contributed by atoms with Crippen LogP contribution in [0.15, 0.2) is 16.7 Å². The predicted octanol–water partition coefficient (Wildman–Crippen LogP) is 2.96. The van der Waals surface area contributed by atoms with Crippen molar-refractivity contribution < 1.29 is 4.79 Å². The zero-order valence-corrected chi connectivity index (χ0v) is 13.6. The number of likely N-dealkylation sites (N-methyl/N-ethyl adjacent to an activating group) is 1. The minimum Gasteiger partial charge on any atom is -0.351 e. The molecule has 0 bridgehead atoms. The molecule has 6 heteroatoms. The van der Waals surface area contributed by atoms with Gasteiger partial charge in [-0.1, -0.05) is 25.4 Å². The lowest BCUT2D eigenvalue weighted by molar-refractivity contribution is 0.0948. The fourth-order valence-electron chi connectivity index (χ4n) is 1.75. The number of carbonyl (C=O) groups excluding carboxylic acids is 1. The Morgan fingerprint density at radius 2 is 2.21 bits per heavy atom. The Hall–Kier alpha value is -0.650. The first-order chi connectivity index (χ1) is 9.08. The van der Waals surface area contributed by atoms with E-state index in [1.165, 1.54) is 0 Å². The van der Waals surface area contributed by atoms with Crippen molar-refractivity contribution in [2.75, 3.05) is 26.2 Å². The first-order valence-electron chi connectivity index (χ1n) is 6.40. The molecule has 4 nitrogen and oxygen atoms in total. The van der Waals surface area contributed by atoms with Gasteiger partial charge >= 0.3 is 0 Å². The summed E-state index contributed by atoms with van der Waals surface area (Å²) in [5, 5.41) is 3.09.